The SMILES string of the molecule is CO[C@H]1CCOC2(C1)CN(C(=O)c1ccc3c(ccn3C)c1)C2. The molecule has 2 aliphatic rings. The maximum absolute atomic E-state index is 12.7. The van der Waals surface area contributed by atoms with E-state index < -0.39 is 0 Å². The smallest absolute Gasteiger partial charge is 0.254 e. The molecular formula is C18H22N2O3. The molecule has 0 N–H and O–H groups in total. The molecule has 23 heavy (non-hydrogen) atoms. The monoisotopic (exact) mass is 314 g/mol. The van der Waals surface area contributed by atoms with Crippen molar-refractivity contribution >= 4 is 16.8 Å². The van der Waals surface area contributed by atoms with Crippen molar-refractivity contribution in [2.24, 2.45) is 7.05 Å². The van der Waals surface area contributed by atoms with Gasteiger partial charge >= 0.3 is 0 Å². The van der Waals surface area contributed by atoms with Crippen molar-refractivity contribution in [3.8, 4) is 0 Å². The number of aromatic nitrogens is 1. The molecule has 2 fully saturated rings. The minimum Gasteiger partial charge on any atom is -0.381 e. The number of fused-ring (bicyclic) bond motifs is 1. The Morgan fingerprint density at radius 3 is 2.96 bits per heavy atom. The highest BCUT2D eigenvalue weighted by Crippen LogP contribution is 2.36. The van der Waals surface area contributed by atoms with Gasteiger partial charge in [0.2, 0.25) is 0 Å². The lowest BCUT2D eigenvalue weighted by Gasteiger charge is -2.52. The molecule has 2 aromatic rings. The van der Waals surface area contributed by atoms with Crippen LogP contribution < -0.4 is 0 Å². The molecule has 1 spiro atoms. The van der Waals surface area contributed by atoms with Crippen LogP contribution in [0.4, 0.5) is 0 Å². The van der Waals surface area contributed by atoms with Crippen molar-refractivity contribution in [2.75, 3.05) is 26.8 Å². The summed E-state index contributed by atoms with van der Waals surface area (Å²) >= 11 is 0. The third-order valence-corrected chi connectivity index (χ3v) is 5.16. The van der Waals surface area contributed by atoms with Crippen LogP contribution >= 0.6 is 0 Å². The summed E-state index contributed by atoms with van der Waals surface area (Å²) in [6.45, 7) is 2.05. The molecule has 3 heterocycles. The molecule has 0 saturated carbocycles. The highest BCUT2D eigenvalue weighted by atomic mass is 16.5. The van der Waals surface area contributed by atoms with Gasteiger partial charge in [0.15, 0.2) is 0 Å². The second-order valence-electron chi connectivity index (χ2n) is 6.74. The maximum Gasteiger partial charge on any atom is 0.254 e. The van der Waals surface area contributed by atoms with Gasteiger partial charge in [-0.25, -0.2) is 0 Å². The fourth-order valence-corrected chi connectivity index (χ4v) is 3.79. The average molecular weight is 314 g/mol. The number of carbonyl (C=O) groups is 1. The predicted molar refractivity (Wildman–Crippen MR) is 87.5 cm³/mol. The second kappa shape index (κ2) is 5.35. The van der Waals surface area contributed by atoms with Crippen LogP contribution in [0.1, 0.15) is 23.2 Å². The lowest BCUT2D eigenvalue weighted by atomic mass is 9.84. The Balaban J connectivity index is 1.47. The fourth-order valence-electron chi connectivity index (χ4n) is 3.79. The third-order valence-electron chi connectivity index (χ3n) is 5.16. The molecule has 122 valence electrons. The predicted octanol–water partition coefficient (Wildman–Crippen LogP) is 2.20. The third kappa shape index (κ3) is 2.44. The topological polar surface area (TPSA) is 43.7 Å². The Morgan fingerprint density at radius 2 is 2.17 bits per heavy atom. The summed E-state index contributed by atoms with van der Waals surface area (Å²) in [4.78, 5) is 14.6. The van der Waals surface area contributed by atoms with E-state index in [4.69, 9.17) is 9.47 Å². The maximum atomic E-state index is 12.7. The van der Waals surface area contributed by atoms with Gasteiger partial charge in [-0.05, 0) is 30.7 Å². The summed E-state index contributed by atoms with van der Waals surface area (Å²) in [5.74, 6) is 0.0875. The number of nitrogens with zero attached hydrogens (tertiary/aromatic N) is 2. The minimum atomic E-state index is -0.189. The normalized spacial score (nSPS) is 23.2. The van der Waals surface area contributed by atoms with E-state index in [2.05, 4.69) is 4.57 Å². The lowest BCUT2D eigenvalue weighted by molar-refractivity contribution is -0.181. The average Bonchev–Trinajstić information content (AvgIpc) is 2.92. The Kier molecular flexibility index (Phi) is 3.43. The van der Waals surface area contributed by atoms with E-state index in [9.17, 15) is 4.79 Å². The van der Waals surface area contributed by atoms with Gasteiger partial charge < -0.3 is 18.9 Å². The van der Waals surface area contributed by atoms with Gasteiger partial charge in [0, 0.05) is 49.8 Å². The zero-order valence-corrected chi connectivity index (χ0v) is 13.6. The number of hydrogen-bond donors (Lipinski definition) is 0. The van der Waals surface area contributed by atoms with E-state index in [1.165, 1.54) is 0 Å². The molecule has 1 atom stereocenters. The van der Waals surface area contributed by atoms with Crippen LogP contribution in [0.2, 0.25) is 0 Å². The first-order valence-electron chi connectivity index (χ1n) is 8.11. The molecule has 0 aliphatic carbocycles. The first kappa shape index (κ1) is 14.7. The van der Waals surface area contributed by atoms with Crippen molar-refractivity contribution in [1.29, 1.82) is 0 Å². The van der Waals surface area contributed by atoms with Crippen LogP contribution in [0.5, 0.6) is 0 Å². The van der Waals surface area contributed by atoms with E-state index in [1.807, 2.05) is 42.4 Å². The van der Waals surface area contributed by atoms with E-state index in [-0.39, 0.29) is 17.6 Å². The molecule has 2 saturated heterocycles. The molecular weight excluding hydrogens is 292 g/mol. The summed E-state index contributed by atoms with van der Waals surface area (Å²) in [6.07, 6.45) is 4.09. The molecule has 2 aliphatic heterocycles. The second-order valence-corrected chi connectivity index (χ2v) is 6.74. The van der Waals surface area contributed by atoms with Crippen molar-refractivity contribution in [2.45, 2.75) is 24.5 Å². The number of aryl methyl sites for hydroxylation is 1. The first-order chi connectivity index (χ1) is 11.1. The van der Waals surface area contributed by atoms with Crippen LogP contribution in [0.15, 0.2) is 30.5 Å². The van der Waals surface area contributed by atoms with Crippen molar-refractivity contribution in [3.63, 3.8) is 0 Å². The quantitative estimate of drug-likeness (QED) is 0.853. The number of likely N-dealkylation sites (tertiary alicyclic amines) is 1. The Labute approximate surface area is 135 Å². The molecule has 1 amide bonds. The van der Waals surface area contributed by atoms with Crippen molar-refractivity contribution < 1.29 is 14.3 Å². The zero-order chi connectivity index (χ0) is 16.0. The number of methoxy groups -OCH3 is 1. The molecule has 0 radical (unpaired) electrons. The Morgan fingerprint density at radius 1 is 1.35 bits per heavy atom. The number of hydrogen-bond acceptors (Lipinski definition) is 3. The first-order valence-corrected chi connectivity index (χ1v) is 8.11. The lowest BCUT2D eigenvalue weighted by Crippen LogP contribution is -2.67. The van der Waals surface area contributed by atoms with Crippen LogP contribution in [0.25, 0.3) is 10.9 Å². The Bertz CT molecular complexity index is 746. The molecule has 5 heteroatoms. The van der Waals surface area contributed by atoms with E-state index >= 15 is 0 Å². The van der Waals surface area contributed by atoms with E-state index in [0.29, 0.717) is 13.1 Å². The largest absolute Gasteiger partial charge is 0.381 e. The number of rotatable bonds is 2. The number of ether oxygens (including phenoxy) is 2. The fraction of sp³-hybridized carbons (Fsp3) is 0.500. The highest BCUT2D eigenvalue weighted by Gasteiger charge is 2.49. The molecule has 5 nitrogen and oxygen atoms in total. The molecule has 0 bridgehead atoms. The minimum absolute atomic E-state index is 0.0875. The Hall–Kier alpha value is -1.85. The molecule has 1 aromatic heterocycles. The highest BCUT2D eigenvalue weighted by molar-refractivity contribution is 5.98. The summed E-state index contributed by atoms with van der Waals surface area (Å²) in [5.41, 5.74) is 1.70. The van der Waals surface area contributed by atoms with E-state index in [0.717, 1.165) is 35.9 Å². The molecule has 0 unspecified atom stereocenters. The summed E-state index contributed by atoms with van der Waals surface area (Å²) in [5, 5.41) is 1.10. The van der Waals surface area contributed by atoms with Gasteiger partial charge in [0.05, 0.1) is 19.2 Å². The summed E-state index contributed by atoms with van der Waals surface area (Å²) in [6, 6.07) is 7.94. The van der Waals surface area contributed by atoms with Gasteiger partial charge in [-0.1, -0.05) is 0 Å². The van der Waals surface area contributed by atoms with Gasteiger partial charge in [-0.3, -0.25) is 4.79 Å². The number of benzene rings is 1. The zero-order valence-electron chi connectivity index (χ0n) is 13.6. The molecule has 4 rings (SSSR count). The standard InChI is InChI=1S/C18H22N2O3/c1-19-7-5-13-9-14(3-4-16(13)19)17(21)20-11-18(12-20)10-15(22-2)6-8-23-18/h3-5,7,9,15H,6,8,10-12H2,1-2H3/t15-/m0/s1. The number of carbonyl (C=O) groups excluding carboxylic acids is 1. The van der Waals surface area contributed by atoms with Crippen molar-refractivity contribution in [3.05, 3.63) is 36.0 Å². The van der Waals surface area contributed by atoms with Crippen molar-refractivity contribution in [1.82, 2.24) is 9.47 Å². The van der Waals surface area contributed by atoms with Crippen LogP contribution in [0, 0.1) is 0 Å². The van der Waals surface area contributed by atoms with E-state index in [1.54, 1.807) is 7.11 Å². The van der Waals surface area contributed by atoms with Crippen LogP contribution in [-0.4, -0.2) is 53.9 Å². The van der Waals surface area contributed by atoms with Gasteiger partial charge in [0.1, 0.15) is 5.60 Å². The summed E-state index contributed by atoms with van der Waals surface area (Å²) in [7, 11) is 3.76. The van der Waals surface area contributed by atoms with Gasteiger partial charge in [-0.2, -0.15) is 0 Å². The van der Waals surface area contributed by atoms with Gasteiger partial charge in [0.25, 0.3) is 5.91 Å². The molecule has 1 aromatic carbocycles. The van der Waals surface area contributed by atoms with Crippen LogP contribution in [0.3, 0.4) is 0 Å². The number of amides is 1. The van der Waals surface area contributed by atoms with Gasteiger partial charge in [-0.15, -0.1) is 0 Å². The summed E-state index contributed by atoms with van der Waals surface area (Å²) < 4.78 is 13.5. The van der Waals surface area contributed by atoms with Crippen LogP contribution in [-0.2, 0) is 16.5 Å².